The van der Waals surface area contributed by atoms with Crippen LogP contribution in [0.25, 0.3) is 0 Å². The summed E-state index contributed by atoms with van der Waals surface area (Å²) in [5.74, 6) is 0. The number of rotatable bonds is 1. The van der Waals surface area contributed by atoms with E-state index >= 15 is 0 Å². The molecule has 0 saturated carbocycles. The fourth-order valence-electron chi connectivity index (χ4n) is 0.689. The molecule has 2 N–H and O–H groups in total. The van der Waals surface area contributed by atoms with Gasteiger partial charge in [-0.3, -0.25) is 0 Å². The van der Waals surface area contributed by atoms with E-state index in [-0.39, 0.29) is 0 Å². The molecular weight excluding hydrogens is 187 g/mol. The minimum Gasteiger partial charge on any atom is -0.391 e. The SMILES string of the molecule is C=C.C=C.[B]NC(=O)Nc1ccccc1. The Morgan fingerprint density at radius 1 is 1.07 bits per heavy atom. The van der Waals surface area contributed by atoms with Crippen LogP contribution in [-0.2, 0) is 0 Å². The highest BCUT2D eigenvalue weighted by molar-refractivity contribution is 6.16. The molecule has 0 saturated heterocycles. The van der Waals surface area contributed by atoms with Gasteiger partial charge in [-0.05, 0) is 12.1 Å². The van der Waals surface area contributed by atoms with Crippen molar-refractivity contribution in [2.45, 2.75) is 0 Å². The van der Waals surface area contributed by atoms with E-state index in [9.17, 15) is 4.79 Å². The van der Waals surface area contributed by atoms with Crippen molar-refractivity contribution in [3.8, 4) is 0 Å². The third-order valence-electron chi connectivity index (χ3n) is 1.16. The molecular formula is C11H15BN2O. The Hall–Kier alpha value is -1.97. The van der Waals surface area contributed by atoms with Crippen LogP contribution in [0.4, 0.5) is 10.5 Å². The number of benzene rings is 1. The highest BCUT2D eigenvalue weighted by atomic mass is 16.2. The van der Waals surface area contributed by atoms with Crippen molar-refractivity contribution in [3.05, 3.63) is 56.6 Å². The average molecular weight is 202 g/mol. The lowest BCUT2D eigenvalue weighted by Gasteiger charge is -2.02. The number of carbonyl (C=O) groups is 1. The molecule has 2 amide bonds. The van der Waals surface area contributed by atoms with E-state index < -0.39 is 6.03 Å². The van der Waals surface area contributed by atoms with Gasteiger partial charge in [-0.15, -0.1) is 26.3 Å². The van der Waals surface area contributed by atoms with Crippen molar-refractivity contribution in [3.63, 3.8) is 0 Å². The molecule has 0 spiro atoms. The molecule has 0 atom stereocenters. The number of urea groups is 1. The summed E-state index contributed by atoms with van der Waals surface area (Å²) in [7, 11) is 4.86. The first-order valence-corrected chi connectivity index (χ1v) is 4.15. The van der Waals surface area contributed by atoms with Crippen LogP contribution >= 0.6 is 0 Å². The summed E-state index contributed by atoms with van der Waals surface area (Å²) in [5, 5.41) is 4.48. The zero-order chi connectivity index (χ0) is 12.1. The number of hydrogen-bond donors (Lipinski definition) is 2. The summed E-state index contributed by atoms with van der Waals surface area (Å²) in [6, 6.07) is 8.64. The summed E-state index contributed by atoms with van der Waals surface area (Å²) in [6.45, 7) is 12.0. The molecule has 2 radical (unpaired) electrons. The van der Waals surface area contributed by atoms with Gasteiger partial charge in [-0.2, -0.15) is 0 Å². The number of nitrogens with one attached hydrogen (secondary N) is 2. The van der Waals surface area contributed by atoms with Crippen LogP contribution in [0.2, 0.25) is 0 Å². The summed E-state index contributed by atoms with van der Waals surface area (Å²) >= 11 is 0. The van der Waals surface area contributed by atoms with E-state index in [1.807, 2.05) is 23.4 Å². The van der Waals surface area contributed by atoms with E-state index in [2.05, 4.69) is 31.6 Å². The smallest absolute Gasteiger partial charge is 0.306 e. The predicted octanol–water partition coefficient (Wildman–Crippen LogP) is 2.50. The maximum absolute atomic E-state index is 10.6. The molecule has 0 bridgehead atoms. The van der Waals surface area contributed by atoms with Crippen LogP contribution < -0.4 is 10.5 Å². The molecule has 0 unspecified atom stereocenters. The lowest BCUT2D eigenvalue weighted by atomic mass is 10.3. The first kappa shape index (κ1) is 15.5. The lowest BCUT2D eigenvalue weighted by molar-refractivity contribution is 0.257. The van der Waals surface area contributed by atoms with Gasteiger partial charge in [0.05, 0.1) is 0 Å². The fraction of sp³-hybridized carbons (Fsp3) is 0. The van der Waals surface area contributed by atoms with Crippen molar-refractivity contribution in [1.29, 1.82) is 0 Å². The minimum atomic E-state index is -0.420. The van der Waals surface area contributed by atoms with Gasteiger partial charge in [-0.25, -0.2) is 4.79 Å². The Morgan fingerprint density at radius 2 is 1.53 bits per heavy atom. The number of amides is 2. The van der Waals surface area contributed by atoms with Gasteiger partial charge in [-0.1, -0.05) is 18.2 Å². The molecule has 0 aliphatic rings. The largest absolute Gasteiger partial charge is 0.391 e. The van der Waals surface area contributed by atoms with Crippen molar-refractivity contribution in [2.75, 3.05) is 5.32 Å². The van der Waals surface area contributed by atoms with E-state index in [4.69, 9.17) is 7.98 Å². The summed E-state index contributed by atoms with van der Waals surface area (Å²) in [4.78, 5) is 10.6. The number of para-hydroxylation sites is 1. The summed E-state index contributed by atoms with van der Waals surface area (Å²) < 4.78 is 0. The van der Waals surface area contributed by atoms with Crippen LogP contribution in [-0.4, -0.2) is 14.0 Å². The molecule has 0 aliphatic carbocycles. The zero-order valence-corrected chi connectivity index (χ0v) is 8.70. The van der Waals surface area contributed by atoms with Gasteiger partial charge in [0, 0.05) is 5.69 Å². The van der Waals surface area contributed by atoms with E-state index in [1.165, 1.54) is 0 Å². The quantitative estimate of drug-likeness (QED) is 0.533. The molecule has 15 heavy (non-hydrogen) atoms. The molecule has 1 rings (SSSR count). The highest BCUT2D eigenvalue weighted by Crippen LogP contribution is 2.03. The zero-order valence-electron chi connectivity index (χ0n) is 8.70. The van der Waals surface area contributed by atoms with Gasteiger partial charge in [0.1, 0.15) is 0 Å². The Kier molecular flexibility index (Phi) is 12.4. The third kappa shape index (κ3) is 8.37. The van der Waals surface area contributed by atoms with Crippen molar-refractivity contribution in [1.82, 2.24) is 5.23 Å². The Labute approximate surface area is 92.3 Å². The number of hydrogen-bond acceptors (Lipinski definition) is 1. The highest BCUT2D eigenvalue weighted by Gasteiger charge is 1.94. The maximum atomic E-state index is 10.6. The minimum absolute atomic E-state index is 0.420. The monoisotopic (exact) mass is 202 g/mol. The Morgan fingerprint density at radius 3 is 1.93 bits per heavy atom. The van der Waals surface area contributed by atoms with Crippen LogP contribution in [0.15, 0.2) is 56.6 Å². The predicted molar refractivity (Wildman–Crippen MR) is 66.9 cm³/mol. The normalized spacial score (nSPS) is 6.93. The molecule has 3 nitrogen and oxygen atoms in total. The third-order valence-corrected chi connectivity index (χ3v) is 1.16. The second-order valence-corrected chi connectivity index (χ2v) is 1.96. The van der Waals surface area contributed by atoms with Gasteiger partial charge in [0.15, 0.2) is 0 Å². The molecule has 0 heterocycles. The molecule has 0 aliphatic heterocycles. The molecule has 1 aromatic carbocycles. The number of carbonyl (C=O) groups excluding carboxylic acids is 1. The molecule has 4 heteroatoms. The van der Waals surface area contributed by atoms with Gasteiger partial charge < -0.3 is 10.5 Å². The van der Waals surface area contributed by atoms with Crippen molar-refractivity contribution in [2.24, 2.45) is 0 Å². The first-order chi connectivity index (χ1) is 7.33. The second-order valence-electron chi connectivity index (χ2n) is 1.96. The van der Waals surface area contributed by atoms with E-state index in [0.717, 1.165) is 5.69 Å². The summed E-state index contributed by atoms with van der Waals surface area (Å²) in [5.41, 5.74) is 0.718. The van der Waals surface area contributed by atoms with E-state index in [1.54, 1.807) is 12.1 Å². The van der Waals surface area contributed by atoms with Gasteiger partial charge in [0.2, 0.25) is 7.98 Å². The Bertz CT molecular complexity index is 263. The van der Waals surface area contributed by atoms with Crippen molar-refractivity contribution < 1.29 is 4.79 Å². The summed E-state index contributed by atoms with van der Waals surface area (Å²) in [6.07, 6.45) is 0. The van der Waals surface area contributed by atoms with Gasteiger partial charge >= 0.3 is 6.03 Å². The van der Waals surface area contributed by atoms with Crippen molar-refractivity contribution >= 4 is 19.7 Å². The lowest BCUT2D eigenvalue weighted by Crippen LogP contribution is -2.25. The van der Waals surface area contributed by atoms with Crippen LogP contribution in [0.5, 0.6) is 0 Å². The van der Waals surface area contributed by atoms with Crippen LogP contribution in [0.1, 0.15) is 0 Å². The molecule has 0 fully saturated rings. The number of anilines is 1. The van der Waals surface area contributed by atoms with Crippen LogP contribution in [0.3, 0.4) is 0 Å². The first-order valence-electron chi connectivity index (χ1n) is 4.15. The topological polar surface area (TPSA) is 41.1 Å². The standard InChI is InChI=1S/C7H7BN2O.2C2H4/c8-10-7(11)9-6-4-2-1-3-5-6;2*1-2/h1-5H,(H2,9,10,11);2*1-2H2. The average Bonchev–Trinajstić information content (AvgIpc) is 2.35. The van der Waals surface area contributed by atoms with Crippen LogP contribution in [0, 0.1) is 0 Å². The fourth-order valence-corrected chi connectivity index (χ4v) is 0.689. The maximum Gasteiger partial charge on any atom is 0.306 e. The van der Waals surface area contributed by atoms with E-state index in [0.29, 0.717) is 0 Å². The molecule has 1 aromatic rings. The molecule has 78 valence electrons. The second kappa shape index (κ2) is 12.0. The van der Waals surface area contributed by atoms with Gasteiger partial charge in [0.25, 0.3) is 0 Å². The Balaban J connectivity index is 0. The molecule has 0 aromatic heterocycles.